The zero-order valence-electron chi connectivity index (χ0n) is 21.4. The van der Waals surface area contributed by atoms with Crippen LogP contribution in [-0.4, -0.2) is 80.0 Å². The van der Waals surface area contributed by atoms with E-state index in [4.69, 9.17) is 4.74 Å². The van der Waals surface area contributed by atoms with E-state index in [1.54, 1.807) is 26.0 Å². The Balaban J connectivity index is 0.00000169. The fraction of sp³-hybridized carbons (Fsp3) is 0.500. The highest BCUT2D eigenvalue weighted by Gasteiger charge is 2.42. The third-order valence-electron chi connectivity index (χ3n) is 7.32. The van der Waals surface area contributed by atoms with Crippen LogP contribution in [0.5, 0.6) is 0 Å². The van der Waals surface area contributed by atoms with Gasteiger partial charge >= 0.3 is 0 Å². The second-order valence-corrected chi connectivity index (χ2v) is 9.63. The molecule has 2 N–H and O–H groups in total. The Kier molecular flexibility index (Phi) is 12.1. The number of benzene rings is 1. The van der Waals surface area contributed by atoms with Crippen LogP contribution >= 0.6 is 37.2 Å². The second kappa shape index (κ2) is 14.3. The van der Waals surface area contributed by atoms with Gasteiger partial charge in [-0.15, -0.1) is 37.2 Å². The van der Waals surface area contributed by atoms with E-state index in [-0.39, 0.29) is 61.8 Å². The molecule has 210 valence electrons. The van der Waals surface area contributed by atoms with Crippen LogP contribution in [0.25, 0.3) is 11.3 Å². The Bertz CT molecular complexity index is 1130. The van der Waals surface area contributed by atoms with Gasteiger partial charge in [-0.3, -0.25) is 4.79 Å². The summed E-state index contributed by atoms with van der Waals surface area (Å²) in [6.45, 7) is 2.97. The molecule has 12 heteroatoms. The molecule has 38 heavy (non-hydrogen) atoms. The number of halogens is 3. The molecule has 1 aliphatic heterocycles. The number of piperazine rings is 1. The fourth-order valence-corrected chi connectivity index (χ4v) is 5.62. The number of hydrogen-bond acceptors (Lipinski definition) is 6. The van der Waals surface area contributed by atoms with Crippen LogP contribution in [0.4, 0.5) is 0 Å². The molecule has 5 rings (SSSR count). The van der Waals surface area contributed by atoms with Crippen LogP contribution in [0.1, 0.15) is 42.2 Å². The van der Waals surface area contributed by atoms with Crippen LogP contribution in [0.15, 0.2) is 55.4 Å². The van der Waals surface area contributed by atoms with Crippen molar-refractivity contribution in [1.82, 2.24) is 29.3 Å². The topological polar surface area (TPSA) is 97.4 Å². The van der Waals surface area contributed by atoms with Crippen molar-refractivity contribution in [3.63, 3.8) is 0 Å². The molecule has 2 fully saturated rings. The van der Waals surface area contributed by atoms with Gasteiger partial charge in [0, 0.05) is 51.2 Å². The number of aliphatic hydroxyl groups is 1. The Morgan fingerprint density at radius 1 is 1.18 bits per heavy atom. The summed E-state index contributed by atoms with van der Waals surface area (Å²) in [5.74, 6) is -0.0830. The summed E-state index contributed by atoms with van der Waals surface area (Å²) in [7, 11) is 1.62. The molecule has 3 atom stereocenters. The van der Waals surface area contributed by atoms with Crippen molar-refractivity contribution in [2.45, 2.75) is 49.9 Å². The number of carbonyl (C=O) groups excluding carboxylic acids is 1. The molecule has 1 amide bonds. The number of imidazole rings is 2. The van der Waals surface area contributed by atoms with Crippen molar-refractivity contribution < 1.29 is 14.6 Å². The molecular weight excluding hydrogens is 551 g/mol. The number of carbonyl (C=O) groups is 1. The largest absolute Gasteiger partial charge is 0.385 e. The van der Waals surface area contributed by atoms with Gasteiger partial charge in [-0.2, -0.15) is 0 Å². The number of rotatable bonds is 7. The molecule has 1 aliphatic carbocycles. The summed E-state index contributed by atoms with van der Waals surface area (Å²) >= 11 is 0. The fourth-order valence-electron chi connectivity index (χ4n) is 5.62. The van der Waals surface area contributed by atoms with E-state index in [0.717, 1.165) is 37.1 Å². The minimum Gasteiger partial charge on any atom is -0.385 e. The van der Waals surface area contributed by atoms with Gasteiger partial charge in [0.2, 0.25) is 0 Å². The first kappa shape index (κ1) is 32.1. The minimum atomic E-state index is -1.00. The maximum Gasteiger partial charge on any atom is 0.275 e. The van der Waals surface area contributed by atoms with Gasteiger partial charge in [-0.1, -0.05) is 43.2 Å². The van der Waals surface area contributed by atoms with Gasteiger partial charge in [0.25, 0.3) is 5.91 Å². The molecule has 0 radical (unpaired) electrons. The highest BCUT2D eigenvalue weighted by molar-refractivity contribution is 5.98. The maximum absolute atomic E-state index is 14.0. The van der Waals surface area contributed by atoms with Crippen molar-refractivity contribution in [2.24, 2.45) is 0 Å². The predicted octanol–water partition coefficient (Wildman–Crippen LogP) is 3.62. The van der Waals surface area contributed by atoms with E-state index >= 15 is 0 Å². The van der Waals surface area contributed by atoms with Gasteiger partial charge in [-0.25, -0.2) is 9.97 Å². The molecule has 3 heterocycles. The Labute approximate surface area is 242 Å². The molecule has 3 aromatic rings. The number of amides is 1. The Morgan fingerprint density at radius 3 is 2.68 bits per heavy atom. The van der Waals surface area contributed by atoms with Crippen molar-refractivity contribution >= 4 is 43.1 Å². The van der Waals surface area contributed by atoms with E-state index in [9.17, 15) is 9.90 Å². The van der Waals surface area contributed by atoms with Crippen molar-refractivity contribution in [1.29, 1.82) is 0 Å². The Morgan fingerprint density at radius 2 is 1.97 bits per heavy atom. The highest BCUT2D eigenvalue weighted by atomic mass is 35.5. The molecular formula is C26H37Cl3N6O3. The average molecular weight is 588 g/mol. The van der Waals surface area contributed by atoms with Crippen molar-refractivity contribution in [3.8, 4) is 11.3 Å². The van der Waals surface area contributed by atoms with E-state index < -0.39 is 5.60 Å². The number of ether oxygens (including phenoxy) is 1. The Hall–Kier alpha value is -2.14. The van der Waals surface area contributed by atoms with Crippen LogP contribution in [0, 0.1) is 0 Å². The van der Waals surface area contributed by atoms with Gasteiger partial charge in [0.1, 0.15) is 5.60 Å². The third-order valence-corrected chi connectivity index (χ3v) is 7.32. The number of methoxy groups -OCH3 is 1. The molecule has 1 aromatic carbocycles. The molecule has 0 spiro atoms. The van der Waals surface area contributed by atoms with Gasteiger partial charge in [0.15, 0.2) is 5.69 Å². The van der Waals surface area contributed by atoms with E-state index in [1.807, 2.05) is 50.6 Å². The third kappa shape index (κ3) is 6.52. The molecule has 0 unspecified atom stereocenters. The number of hydrogen-bond donors (Lipinski definition) is 2. The molecule has 2 aromatic heterocycles. The van der Waals surface area contributed by atoms with Crippen LogP contribution in [0.3, 0.4) is 0 Å². The SMILES string of the molecule is COC[C@]1(O)CCCC[C@H]1n1cnc(C(=O)N2CCNC[C@H]2Cn2ccnc2)c1-c1ccccc1.Cl.Cl.Cl. The van der Waals surface area contributed by atoms with Gasteiger partial charge in [0.05, 0.1) is 37.0 Å². The number of nitrogens with zero attached hydrogens (tertiary/aromatic N) is 5. The summed E-state index contributed by atoms with van der Waals surface area (Å²) < 4.78 is 9.44. The normalized spacial score (nSPS) is 23.1. The number of aromatic nitrogens is 4. The first-order valence-electron chi connectivity index (χ1n) is 12.4. The van der Waals surface area contributed by atoms with Crippen molar-refractivity contribution in [2.75, 3.05) is 33.4 Å². The smallest absolute Gasteiger partial charge is 0.275 e. The molecule has 1 saturated heterocycles. The van der Waals surface area contributed by atoms with E-state index in [1.165, 1.54) is 0 Å². The summed E-state index contributed by atoms with van der Waals surface area (Å²) in [6, 6.07) is 9.67. The van der Waals surface area contributed by atoms with E-state index in [0.29, 0.717) is 31.7 Å². The van der Waals surface area contributed by atoms with Crippen LogP contribution in [0.2, 0.25) is 0 Å². The first-order chi connectivity index (χ1) is 17.1. The highest BCUT2D eigenvalue weighted by Crippen LogP contribution is 2.41. The summed E-state index contributed by atoms with van der Waals surface area (Å²) in [6.07, 6.45) is 10.6. The summed E-state index contributed by atoms with van der Waals surface area (Å²) in [5, 5.41) is 15.0. The number of nitrogens with one attached hydrogen (secondary N) is 1. The standard InChI is InChI=1S/C26H34N6O3.3ClH/c1-35-17-26(34)10-6-5-9-22(26)32-19-29-23(24(32)20-7-3-2-4-8-20)25(33)31-14-12-27-15-21(31)16-30-13-11-28-18-30;;;/h2-4,7-8,11,13,18-19,21-22,27,34H,5-6,9-10,12,14-17H2,1H3;3*1H/t21-,22+,26+;;;/m0.../s1. The average Bonchev–Trinajstić information content (AvgIpc) is 3.55. The summed E-state index contributed by atoms with van der Waals surface area (Å²) in [4.78, 5) is 24.8. The van der Waals surface area contributed by atoms with Gasteiger partial charge in [-0.05, 0) is 12.8 Å². The zero-order chi connectivity index (χ0) is 24.3. The van der Waals surface area contributed by atoms with Gasteiger partial charge < -0.3 is 29.2 Å². The monoisotopic (exact) mass is 586 g/mol. The molecule has 9 nitrogen and oxygen atoms in total. The predicted molar refractivity (Wildman–Crippen MR) is 154 cm³/mol. The van der Waals surface area contributed by atoms with E-state index in [2.05, 4.69) is 15.3 Å². The van der Waals surface area contributed by atoms with Crippen LogP contribution < -0.4 is 5.32 Å². The maximum atomic E-state index is 14.0. The summed E-state index contributed by atoms with van der Waals surface area (Å²) in [5.41, 5.74) is 1.10. The quantitative estimate of drug-likeness (QED) is 0.438. The lowest BCUT2D eigenvalue weighted by atomic mass is 9.80. The molecule has 1 saturated carbocycles. The lowest BCUT2D eigenvalue weighted by Gasteiger charge is -2.41. The zero-order valence-corrected chi connectivity index (χ0v) is 23.9. The van der Waals surface area contributed by atoms with Crippen LogP contribution in [-0.2, 0) is 11.3 Å². The second-order valence-electron chi connectivity index (χ2n) is 9.63. The lowest BCUT2D eigenvalue weighted by molar-refractivity contribution is -0.0893. The first-order valence-corrected chi connectivity index (χ1v) is 12.4. The molecule has 2 aliphatic rings. The van der Waals surface area contributed by atoms with Crippen molar-refractivity contribution in [3.05, 3.63) is 61.1 Å². The minimum absolute atomic E-state index is 0. The lowest BCUT2D eigenvalue weighted by Crippen LogP contribution is -2.55. The molecule has 0 bridgehead atoms.